The van der Waals surface area contributed by atoms with Gasteiger partial charge in [0.25, 0.3) is 0 Å². The smallest absolute Gasteiger partial charge is 0.416 e. The van der Waals surface area contributed by atoms with E-state index in [-0.39, 0.29) is 6.04 Å². The molecule has 0 bridgehead atoms. The molecular formula is C20H22ClF3N2O. The van der Waals surface area contributed by atoms with Gasteiger partial charge in [-0.25, -0.2) is 0 Å². The van der Waals surface area contributed by atoms with Gasteiger partial charge in [-0.2, -0.15) is 13.2 Å². The van der Waals surface area contributed by atoms with Gasteiger partial charge >= 0.3 is 6.18 Å². The predicted octanol–water partition coefficient (Wildman–Crippen LogP) is 4.75. The Morgan fingerprint density at radius 2 is 1.93 bits per heavy atom. The molecule has 3 rings (SSSR count). The maximum Gasteiger partial charge on any atom is 0.416 e. The first-order valence-electron chi connectivity index (χ1n) is 8.85. The van der Waals surface area contributed by atoms with E-state index in [9.17, 15) is 13.2 Å². The Morgan fingerprint density at radius 1 is 1.11 bits per heavy atom. The van der Waals surface area contributed by atoms with Crippen molar-refractivity contribution in [3.63, 3.8) is 0 Å². The summed E-state index contributed by atoms with van der Waals surface area (Å²) >= 11 is 6.21. The largest absolute Gasteiger partial charge is 0.496 e. The van der Waals surface area contributed by atoms with Crippen molar-refractivity contribution in [1.29, 1.82) is 0 Å². The number of hydrogen-bond donors (Lipinski definition) is 1. The molecule has 0 amide bonds. The Morgan fingerprint density at radius 3 is 2.67 bits per heavy atom. The fourth-order valence-corrected chi connectivity index (χ4v) is 3.70. The van der Waals surface area contributed by atoms with Crippen molar-refractivity contribution in [1.82, 2.24) is 10.2 Å². The zero-order valence-corrected chi connectivity index (χ0v) is 15.8. The van der Waals surface area contributed by atoms with E-state index >= 15 is 0 Å². The van der Waals surface area contributed by atoms with Gasteiger partial charge in [0.2, 0.25) is 0 Å². The van der Waals surface area contributed by atoms with Gasteiger partial charge in [0.1, 0.15) is 5.75 Å². The molecule has 1 fully saturated rings. The Hall–Kier alpha value is -1.76. The van der Waals surface area contributed by atoms with Crippen molar-refractivity contribution in [2.75, 3.05) is 33.3 Å². The molecular weight excluding hydrogens is 377 g/mol. The van der Waals surface area contributed by atoms with Crippen molar-refractivity contribution in [2.45, 2.75) is 18.6 Å². The van der Waals surface area contributed by atoms with Gasteiger partial charge in [-0.15, -0.1) is 0 Å². The standard InChI is InChI=1S/C20H22ClF3N2O/c1-27-18-7-6-16(21)13-17(18)19(26-10-3-8-25-9-11-26)14-4-2-5-15(12-14)20(22,23)24/h2,4-7,12-13,19,25H,3,8-11H2,1H3. The first-order chi connectivity index (χ1) is 12.9. The molecule has 0 aliphatic carbocycles. The number of hydrogen-bond acceptors (Lipinski definition) is 3. The molecule has 1 aliphatic heterocycles. The summed E-state index contributed by atoms with van der Waals surface area (Å²) in [4.78, 5) is 2.18. The van der Waals surface area contributed by atoms with E-state index < -0.39 is 11.7 Å². The molecule has 146 valence electrons. The average Bonchev–Trinajstić information content (AvgIpc) is 2.91. The summed E-state index contributed by atoms with van der Waals surface area (Å²) in [5.74, 6) is 0.610. The fraction of sp³-hybridized carbons (Fsp3) is 0.400. The molecule has 0 aromatic heterocycles. The second kappa shape index (κ2) is 8.50. The third-order valence-corrected chi connectivity index (χ3v) is 4.99. The van der Waals surface area contributed by atoms with Crippen molar-refractivity contribution in [2.24, 2.45) is 0 Å². The molecule has 2 aromatic carbocycles. The van der Waals surface area contributed by atoms with E-state index in [1.165, 1.54) is 12.1 Å². The number of nitrogens with one attached hydrogen (secondary N) is 1. The second-order valence-corrected chi connectivity index (χ2v) is 6.99. The van der Waals surface area contributed by atoms with Crippen LogP contribution in [0.2, 0.25) is 5.02 Å². The highest BCUT2D eigenvalue weighted by atomic mass is 35.5. The minimum absolute atomic E-state index is 0.374. The van der Waals surface area contributed by atoms with E-state index in [0.717, 1.165) is 44.2 Å². The summed E-state index contributed by atoms with van der Waals surface area (Å²) in [5, 5.41) is 3.86. The minimum atomic E-state index is -4.39. The van der Waals surface area contributed by atoms with Crippen LogP contribution in [0, 0.1) is 0 Å². The monoisotopic (exact) mass is 398 g/mol. The number of benzene rings is 2. The summed E-state index contributed by atoms with van der Waals surface area (Å²) in [7, 11) is 1.56. The van der Waals surface area contributed by atoms with Crippen LogP contribution in [0.25, 0.3) is 0 Å². The predicted molar refractivity (Wildman–Crippen MR) is 100 cm³/mol. The molecule has 2 aromatic rings. The van der Waals surface area contributed by atoms with Crippen LogP contribution in [0.15, 0.2) is 42.5 Å². The lowest BCUT2D eigenvalue weighted by molar-refractivity contribution is -0.137. The molecule has 0 spiro atoms. The third kappa shape index (κ3) is 4.75. The molecule has 3 nitrogen and oxygen atoms in total. The normalized spacial score (nSPS) is 17.4. The zero-order valence-electron chi connectivity index (χ0n) is 15.0. The van der Waals surface area contributed by atoms with Crippen LogP contribution in [0.1, 0.15) is 29.2 Å². The SMILES string of the molecule is COc1ccc(Cl)cc1C(c1cccc(C(F)(F)F)c1)N1CCCNCC1. The van der Waals surface area contributed by atoms with Crippen LogP contribution in [0.3, 0.4) is 0 Å². The highest BCUT2D eigenvalue weighted by Crippen LogP contribution is 2.39. The lowest BCUT2D eigenvalue weighted by Gasteiger charge is -2.32. The molecule has 1 saturated heterocycles. The van der Waals surface area contributed by atoms with Gasteiger partial charge in [-0.3, -0.25) is 4.90 Å². The number of methoxy groups -OCH3 is 1. The Balaban J connectivity index is 2.12. The molecule has 1 heterocycles. The number of ether oxygens (including phenoxy) is 1. The fourth-order valence-electron chi connectivity index (χ4n) is 3.52. The first kappa shape index (κ1) is 20.0. The van der Waals surface area contributed by atoms with E-state index in [4.69, 9.17) is 16.3 Å². The Kier molecular flexibility index (Phi) is 6.29. The topological polar surface area (TPSA) is 24.5 Å². The first-order valence-corrected chi connectivity index (χ1v) is 9.23. The van der Waals surface area contributed by atoms with Gasteiger partial charge in [-0.05, 0) is 48.9 Å². The van der Waals surface area contributed by atoms with Gasteiger partial charge < -0.3 is 10.1 Å². The summed E-state index contributed by atoms with van der Waals surface area (Å²) in [6.07, 6.45) is -3.47. The van der Waals surface area contributed by atoms with E-state index in [1.54, 1.807) is 31.4 Å². The Labute approximate surface area is 162 Å². The number of rotatable bonds is 4. The van der Waals surface area contributed by atoms with Crippen LogP contribution in [-0.4, -0.2) is 38.2 Å². The van der Waals surface area contributed by atoms with Crippen LogP contribution in [0.4, 0.5) is 13.2 Å². The lowest BCUT2D eigenvalue weighted by atomic mass is 9.94. The van der Waals surface area contributed by atoms with Crippen LogP contribution >= 0.6 is 11.6 Å². The third-order valence-electron chi connectivity index (χ3n) is 4.76. The van der Waals surface area contributed by atoms with Gasteiger partial charge in [0.15, 0.2) is 0 Å². The van der Waals surface area contributed by atoms with E-state index in [2.05, 4.69) is 10.2 Å². The molecule has 27 heavy (non-hydrogen) atoms. The Bertz CT molecular complexity index is 774. The summed E-state index contributed by atoms with van der Waals surface area (Å²) in [5.41, 5.74) is 0.692. The van der Waals surface area contributed by atoms with Gasteiger partial charge in [-0.1, -0.05) is 23.7 Å². The van der Waals surface area contributed by atoms with Crippen LogP contribution in [0.5, 0.6) is 5.75 Å². The van der Waals surface area contributed by atoms with Crippen molar-refractivity contribution >= 4 is 11.6 Å². The van der Waals surface area contributed by atoms with Crippen molar-refractivity contribution in [3.05, 3.63) is 64.2 Å². The number of alkyl halides is 3. The summed E-state index contributed by atoms with van der Waals surface area (Å²) in [6, 6.07) is 10.4. The minimum Gasteiger partial charge on any atom is -0.496 e. The average molecular weight is 399 g/mol. The highest BCUT2D eigenvalue weighted by Gasteiger charge is 2.33. The maximum absolute atomic E-state index is 13.3. The zero-order chi connectivity index (χ0) is 19.4. The molecule has 0 radical (unpaired) electrons. The molecule has 1 unspecified atom stereocenters. The lowest BCUT2D eigenvalue weighted by Crippen LogP contribution is -2.33. The second-order valence-electron chi connectivity index (χ2n) is 6.55. The van der Waals surface area contributed by atoms with E-state index in [0.29, 0.717) is 16.3 Å². The quantitative estimate of drug-likeness (QED) is 0.804. The van der Waals surface area contributed by atoms with E-state index in [1.807, 2.05) is 0 Å². The van der Waals surface area contributed by atoms with Gasteiger partial charge in [0.05, 0.1) is 18.7 Å². The molecule has 7 heteroatoms. The number of halogens is 4. The summed E-state index contributed by atoms with van der Waals surface area (Å²) in [6.45, 7) is 3.15. The van der Waals surface area contributed by atoms with Crippen LogP contribution < -0.4 is 10.1 Å². The van der Waals surface area contributed by atoms with Crippen molar-refractivity contribution < 1.29 is 17.9 Å². The molecule has 1 atom stereocenters. The van der Waals surface area contributed by atoms with Gasteiger partial charge in [0, 0.05) is 30.2 Å². The summed E-state index contributed by atoms with van der Waals surface area (Å²) < 4.78 is 45.3. The molecule has 1 aliphatic rings. The molecule has 0 saturated carbocycles. The maximum atomic E-state index is 13.3. The van der Waals surface area contributed by atoms with Crippen LogP contribution in [-0.2, 0) is 6.18 Å². The van der Waals surface area contributed by atoms with Crippen molar-refractivity contribution in [3.8, 4) is 5.75 Å². The highest BCUT2D eigenvalue weighted by molar-refractivity contribution is 6.30. The molecule has 1 N–H and O–H groups in total. The number of nitrogens with zero attached hydrogens (tertiary/aromatic N) is 1.